The van der Waals surface area contributed by atoms with E-state index >= 15 is 0 Å². The summed E-state index contributed by atoms with van der Waals surface area (Å²) >= 11 is 0. The van der Waals surface area contributed by atoms with Crippen LogP contribution in [0.3, 0.4) is 0 Å². The van der Waals surface area contributed by atoms with Gasteiger partial charge in [-0.1, -0.05) is 18.2 Å². The molecule has 3 heteroatoms. The first-order valence-electron chi connectivity index (χ1n) is 10.5. The van der Waals surface area contributed by atoms with Crippen LogP contribution in [0.2, 0.25) is 0 Å². The Morgan fingerprint density at radius 1 is 0.821 bits per heavy atom. The number of anilines is 2. The number of nitrogens with one attached hydrogen (secondary N) is 1. The Kier molecular flexibility index (Phi) is 4.54. The minimum Gasteiger partial charge on any atom is -0.497 e. The van der Waals surface area contributed by atoms with Gasteiger partial charge in [0, 0.05) is 23.0 Å². The van der Waals surface area contributed by atoms with Gasteiger partial charge in [-0.15, -0.1) is 0 Å². The van der Waals surface area contributed by atoms with Crippen LogP contribution in [0, 0.1) is 23.7 Å². The number of hydrogen-bond donors (Lipinski definition) is 1. The van der Waals surface area contributed by atoms with Gasteiger partial charge in [-0.3, -0.25) is 0 Å². The largest absolute Gasteiger partial charge is 0.497 e. The first-order valence-corrected chi connectivity index (χ1v) is 10.5. The van der Waals surface area contributed by atoms with Crippen molar-refractivity contribution in [3.8, 4) is 5.75 Å². The van der Waals surface area contributed by atoms with E-state index in [0.717, 1.165) is 40.3 Å². The maximum absolute atomic E-state index is 6.06. The Morgan fingerprint density at radius 3 is 2.11 bits per heavy atom. The molecule has 4 aliphatic rings. The van der Waals surface area contributed by atoms with Crippen molar-refractivity contribution < 1.29 is 9.47 Å². The molecule has 0 amide bonds. The van der Waals surface area contributed by atoms with Gasteiger partial charge < -0.3 is 14.8 Å². The van der Waals surface area contributed by atoms with Crippen molar-refractivity contribution in [3.63, 3.8) is 0 Å². The zero-order valence-electron chi connectivity index (χ0n) is 16.8. The molecule has 4 fully saturated rings. The summed E-state index contributed by atoms with van der Waals surface area (Å²) in [6.07, 6.45) is 6.89. The standard InChI is InChI=1S/C25H29NO2/c1-27-23-14-20(13-22(15-23)26-21-6-4-3-5-7-21)25(28-2)24-18-9-16-8-17(11-18)12-19(24)10-16/h3-7,13-19,26H,8-12H2,1-2H3. The van der Waals surface area contributed by atoms with Gasteiger partial charge in [-0.2, -0.15) is 0 Å². The number of rotatable bonds is 5. The molecular weight excluding hydrogens is 346 g/mol. The minimum absolute atomic E-state index is 0.711. The lowest BCUT2D eigenvalue weighted by atomic mass is 9.54. The quantitative estimate of drug-likeness (QED) is 0.626. The average Bonchev–Trinajstić information content (AvgIpc) is 2.70. The summed E-state index contributed by atoms with van der Waals surface area (Å²) in [5.74, 6) is 5.26. The Labute approximate surface area is 167 Å². The van der Waals surface area contributed by atoms with Crippen molar-refractivity contribution in [2.45, 2.75) is 32.1 Å². The second-order valence-corrected chi connectivity index (χ2v) is 8.73. The first kappa shape index (κ1) is 17.7. The molecule has 0 spiro atoms. The van der Waals surface area contributed by atoms with Crippen molar-refractivity contribution in [2.75, 3.05) is 19.5 Å². The Morgan fingerprint density at radius 2 is 1.50 bits per heavy atom. The first-order chi connectivity index (χ1) is 13.7. The number of benzene rings is 2. The Hall–Kier alpha value is -2.42. The molecular formula is C25H29NO2. The molecule has 4 bridgehead atoms. The number of ether oxygens (including phenoxy) is 2. The molecule has 2 aromatic rings. The summed E-state index contributed by atoms with van der Waals surface area (Å²) in [5, 5.41) is 3.51. The molecule has 0 heterocycles. The third kappa shape index (κ3) is 3.17. The molecule has 0 aliphatic heterocycles. The maximum Gasteiger partial charge on any atom is 0.126 e. The highest BCUT2D eigenvalue weighted by atomic mass is 16.5. The molecule has 28 heavy (non-hydrogen) atoms. The van der Waals surface area contributed by atoms with E-state index in [2.05, 4.69) is 29.6 Å². The van der Waals surface area contributed by atoms with Gasteiger partial charge in [0.25, 0.3) is 0 Å². The van der Waals surface area contributed by atoms with Gasteiger partial charge in [0.1, 0.15) is 11.5 Å². The fourth-order valence-corrected chi connectivity index (χ4v) is 6.07. The summed E-state index contributed by atoms with van der Waals surface area (Å²) in [7, 11) is 3.56. The van der Waals surface area contributed by atoms with E-state index in [1.165, 1.54) is 32.1 Å². The fraction of sp³-hybridized carbons (Fsp3) is 0.440. The zero-order chi connectivity index (χ0) is 19.1. The molecule has 4 aliphatic carbocycles. The third-order valence-electron chi connectivity index (χ3n) is 6.95. The highest BCUT2D eigenvalue weighted by molar-refractivity contribution is 5.72. The summed E-state index contributed by atoms with van der Waals surface area (Å²) in [5.41, 5.74) is 4.80. The summed E-state index contributed by atoms with van der Waals surface area (Å²) in [6.45, 7) is 0. The van der Waals surface area contributed by atoms with Crippen LogP contribution in [-0.2, 0) is 4.74 Å². The fourth-order valence-electron chi connectivity index (χ4n) is 6.07. The van der Waals surface area contributed by atoms with E-state index in [1.807, 2.05) is 31.4 Å². The van der Waals surface area contributed by atoms with E-state index in [-0.39, 0.29) is 0 Å². The van der Waals surface area contributed by atoms with Gasteiger partial charge in [0.05, 0.1) is 14.2 Å². The summed E-state index contributed by atoms with van der Waals surface area (Å²) < 4.78 is 11.7. The summed E-state index contributed by atoms with van der Waals surface area (Å²) in [6, 6.07) is 16.6. The number of methoxy groups -OCH3 is 2. The lowest BCUT2D eigenvalue weighted by Crippen LogP contribution is -2.40. The van der Waals surface area contributed by atoms with Crippen LogP contribution in [0.5, 0.6) is 5.75 Å². The average molecular weight is 376 g/mol. The van der Waals surface area contributed by atoms with Crippen LogP contribution in [-0.4, -0.2) is 14.2 Å². The number of allylic oxidation sites excluding steroid dienone is 1. The predicted octanol–water partition coefficient (Wildman–Crippen LogP) is 6.25. The molecule has 0 aromatic heterocycles. The highest BCUT2D eigenvalue weighted by Crippen LogP contribution is 2.58. The van der Waals surface area contributed by atoms with E-state index in [9.17, 15) is 0 Å². The van der Waals surface area contributed by atoms with Crippen LogP contribution in [0.25, 0.3) is 5.76 Å². The zero-order valence-corrected chi connectivity index (χ0v) is 16.8. The maximum atomic E-state index is 6.06. The summed E-state index contributed by atoms with van der Waals surface area (Å²) in [4.78, 5) is 0. The monoisotopic (exact) mass is 375 g/mol. The predicted molar refractivity (Wildman–Crippen MR) is 114 cm³/mol. The minimum atomic E-state index is 0.711. The van der Waals surface area contributed by atoms with Crippen molar-refractivity contribution in [3.05, 3.63) is 59.7 Å². The van der Waals surface area contributed by atoms with Crippen LogP contribution in [0.15, 0.2) is 54.1 Å². The lowest BCUT2D eigenvalue weighted by molar-refractivity contribution is 0.0675. The van der Waals surface area contributed by atoms with Gasteiger partial charge in [0.15, 0.2) is 0 Å². The highest BCUT2D eigenvalue weighted by Gasteiger charge is 2.46. The van der Waals surface area contributed by atoms with Crippen molar-refractivity contribution in [1.82, 2.24) is 0 Å². The van der Waals surface area contributed by atoms with Gasteiger partial charge in [-0.05, 0) is 85.6 Å². The SMILES string of the molecule is COC(=C1C2CC3CC(C2)CC1C3)c1cc(Nc2ccccc2)cc(OC)c1. The number of hydrogen-bond acceptors (Lipinski definition) is 3. The topological polar surface area (TPSA) is 30.5 Å². The number of para-hydroxylation sites is 1. The van der Waals surface area contributed by atoms with E-state index in [0.29, 0.717) is 11.8 Å². The van der Waals surface area contributed by atoms with E-state index in [4.69, 9.17) is 9.47 Å². The van der Waals surface area contributed by atoms with Gasteiger partial charge in [-0.25, -0.2) is 0 Å². The second kappa shape index (κ2) is 7.20. The Balaban J connectivity index is 1.54. The smallest absolute Gasteiger partial charge is 0.126 e. The van der Waals surface area contributed by atoms with Gasteiger partial charge >= 0.3 is 0 Å². The molecule has 2 aromatic carbocycles. The molecule has 1 N–H and O–H groups in total. The lowest BCUT2D eigenvalue weighted by Gasteiger charge is -2.51. The molecule has 6 rings (SSSR count). The van der Waals surface area contributed by atoms with Gasteiger partial charge in [0.2, 0.25) is 0 Å². The third-order valence-corrected chi connectivity index (χ3v) is 6.95. The van der Waals surface area contributed by atoms with E-state index in [1.54, 1.807) is 12.7 Å². The van der Waals surface area contributed by atoms with Crippen LogP contribution < -0.4 is 10.1 Å². The normalized spacial score (nSPS) is 27.6. The van der Waals surface area contributed by atoms with Crippen LogP contribution >= 0.6 is 0 Å². The van der Waals surface area contributed by atoms with E-state index < -0.39 is 0 Å². The molecule has 0 saturated heterocycles. The Bertz CT molecular complexity index is 857. The molecule has 0 unspecified atom stereocenters. The van der Waals surface area contributed by atoms with Crippen LogP contribution in [0.4, 0.5) is 11.4 Å². The van der Waals surface area contributed by atoms with Crippen molar-refractivity contribution in [2.24, 2.45) is 23.7 Å². The molecule has 0 atom stereocenters. The van der Waals surface area contributed by atoms with Crippen molar-refractivity contribution >= 4 is 17.1 Å². The second-order valence-electron chi connectivity index (χ2n) is 8.73. The molecule has 4 saturated carbocycles. The van der Waals surface area contributed by atoms with Crippen molar-refractivity contribution in [1.29, 1.82) is 0 Å². The molecule has 0 radical (unpaired) electrons. The molecule has 3 nitrogen and oxygen atoms in total. The van der Waals surface area contributed by atoms with Crippen LogP contribution in [0.1, 0.15) is 37.7 Å². The molecule has 146 valence electrons.